The number of fused-ring (bicyclic) bond motifs is 10. The van der Waals surface area contributed by atoms with E-state index in [-0.39, 0.29) is 5.92 Å². The van der Waals surface area contributed by atoms with Gasteiger partial charge in [-0.1, -0.05) is 146 Å². The van der Waals surface area contributed by atoms with Crippen molar-refractivity contribution in [2.75, 3.05) is 0 Å². The Morgan fingerprint density at radius 1 is 0.500 bits per heavy atom. The van der Waals surface area contributed by atoms with Crippen LogP contribution < -0.4 is 0 Å². The van der Waals surface area contributed by atoms with Crippen LogP contribution in [0.1, 0.15) is 22.7 Å². The van der Waals surface area contributed by atoms with Crippen LogP contribution in [0.4, 0.5) is 0 Å². The summed E-state index contributed by atoms with van der Waals surface area (Å²) in [4.78, 5) is 10.6. The van der Waals surface area contributed by atoms with Gasteiger partial charge in [0, 0.05) is 38.1 Å². The molecule has 0 fully saturated rings. The number of benzene rings is 6. The second-order valence-corrected chi connectivity index (χ2v) is 14.2. The van der Waals surface area contributed by atoms with Gasteiger partial charge in [-0.05, 0) is 75.4 Å². The van der Waals surface area contributed by atoms with Gasteiger partial charge in [0.05, 0.1) is 28.5 Å². The summed E-state index contributed by atoms with van der Waals surface area (Å²) in [5.41, 5.74) is 15.8. The molecule has 3 heterocycles. The van der Waals surface area contributed by atoms with Gasteiger partial charge in [0.25, 0.3) is 0 Å². The number of hydrogen-bond donors (Lipinski definition) is 0. The van der Waals surface area contributed by atoms with Gasteiger partial charge < -0.3 is 4.42 Å². The average Bonchev–Trinajstić information content (AvgIpc) is 3.62. The van der Waals surface area contributed by atoms with Crippen LogP contribution >= 0.6 is 0 Å². The van der Waals surface area contributed by atoms with Gasteiger partial charge in [-0.15, -0.1) is 0 Å². The van der Waals surface area contributed by atoms with E-state index >= 15 is 0 Å². The maximum Gasteiger partial charge on any atom is 0.136 e. The molecule has 0 spiro atoms. The maximum atomic E-state index is 6.36. The molecule has 252 valence electrons. The van der Waals surface area contributed by atoms with Crippen molar-refractivity contribution in [1.29, 1.82) is 0 Å². The molecular weight excluding hydrogens is 657 g/mol. The molecule has 1 atom stereocenters. The molecule has 0 amide bonds. The molecule has 3 aromatic heterocycles. The van der Waals surface area contributed by atoms with Gasteiger partial charge in [0.2, 0.25) is 0 Å². The van der Waals surface area contributed by atoms with Crippen LogP contribution in [-0.4, -0.2) is 9.97 Å². The standard InChI is InChI=1S/C51H32N2O/c1-31-39(24-21-33-19-20-35-23-27-43(52-51(35)47(31)33)32-11-4-2-5-12-32)38-16-10-15-36(29-38)37-22-25-40-44(30-37)53-50(34-13-6-3-7-14-34)42-26-28-46-49(48(40)42)41-17-8-9-18-45(41)54-46/h2-30,47H,1H2. The molecule has 0 bridgehead atoms. The molecule has 6 aromatic carbocycles. The first-order valence-electron chi connectivity index (χ1n) is 18.4. The predicted molar refractivity (Wildman–Crippen MR) is 224 cm³/mol. The number of hydrogen-bond acceptors (Lipinski definition) is 3. The van der Waals surface area contributed by atoms with E-state index in [4.69, 9.17) is 21.0 Å². The van der Waals surface area contributed by atoms with Crippen LogP contribution in [0.25, 0.3) is 88.9 Å². The van der Waals surface area contributed by atoms with Crippen molar-refractivity contribution in [2.45, 2.75) is 5.92 Å². The summed E-state index contributed by atoms with van der Waals surface area (Å²) in [6.07, 6.45) is 8.83. The van der Waals surface area contributed by atoms with E-state index in [2.05, 4.69) is 158 Å². The molecule has 0 saturated carbocycles. The highest BCUT2D eigenvalue weighted by molar-refractivity contribution is 6.28. The topological polar surface area (TPSA) is 38.9 Å². The Morgan fingerprint density at radius 2 is 1.24 bits per heavy atom. The number of nitrogens with zero attached hydrogens (tertiary/aromatic N) is 2. The summed E-state index contributed by atoms with van der Waals surface area (Å²) in [6.45, 7) is 4.71. The number of aromatic nitrogens is 2. The van der Waals surface area contributed by atoms with E-state index in [1.165, 1.54) is 11.0 Å². The van der Waals surface area contributed by atoms with Crippen molar-refractivity contribution in [1.82, 2.24) is 9.97 Å². The summed E-state index contributed by atoms with van der Waals surface area (Å²) < 4.78 is 6.36. The SMILES string of the molecule is C=C1C(c2cccc(-c3ccc4c(c3)nc(-c3ccccc3)c3ccc5oc6ccccc6c5c34)c2)=CC=C2C=Cc3ccc(-c4ccccc4)nc3C12. The normalized spacial score (nSPS) is 15.0. The second kappa shape index (κ2) is 12.0. The van der Waals surface area contributed by atoms with E-state index in [1.54, 1.807) is 0 Å². The lowest BCUT2D eigenvalue weighted by atomic mass is 9.75. The van der Waals surface area contributed by atoms with Gasteiger partial charge in [-0.3, -0.25) is 4.98 Å². The van der Waals surface area contributed by atoms with E-state index in [0.717, 1.165) is 99.8 Å². The third kappa shape index (κ3) is 4.76. The lowest BCUT2D eigenvalue weighted by molar-refractivity contribution is 0.669. The zero-order valence-electron chi connectivity index (χ0n) is 29.3. The monoisotopic (exact) mass is 688 g/mol. The number of rotatable bonds is 4. The van der Waals surface area contributed by atoms with Gasteiger partial charge >= 0.3 is 0 Å². The number of pyridine rings is 2. The molecule has 54 heavy (non-hydrogen) atoms. The third-order valence-corrected chi connectivity index (χ3v) is 11.1. The smallest absolute Gasteiger partial charge is 0.136 e. The van der Waals surface area contributed by atoms with Crippen LogP contribution in [0.2, 0.25) is 0 Å². The first-order valence-corrected chi connectivity index (χ1v) is 18.4. The molecule has 0 radical (unpaired) electrons. The minimum atomic E-state index is -0.0114. The fourth-order valence-electron chi connectivity index (χ4n) is 8.48. The van der Waals surface area contributed by atoms with Crippen molar-refractivity contribution < 1.29 is 4.42 Å². The Morgan fingerprint density at radius 3 is 2.11 bits per heavy atom. The minimum absolute atomic E-state index is 0.0114. The number of furan rings is 1. The molecule has 0 saturated heterocycles. The highest BCUT2D eigenvalue weighted by Crippen LogP contribution is 2.47. The van der Waals surface area contributed by atoms with Crippen molar-refractivity contribution >= 4 is 55.3 Å². The van der Waals surface area contributed by atoms with Crippen molar-refractivity contribution in [3.05, 3.63) is 204 Å². The lowest BCUT2D eigenvalue weighted by Crippen LogP contribution is -2.15. The summed E-state index contributed by atoms with van der Waals surface area (Å²) in [6, 6.07) is 53.2. The summed E-state index contributed by atoms with van der Waals surface area (Å²) in [5, 5.41) is 5.62. The highest BCUT2D eigenvalue weighted by Gasteiger charge is 2.30. The molecule has 3 heteroatoms. The van der Waals surface area contributed by atoms with E-state index in [9.17, 15) is 0 Å². The zero-order valence-corrected chi connectivity index (χ0v) is 29.3. The molecule has 0 N–H and O–H groups in total. The van der Waals surface area contributed by atoms with Crippen molar-refractivity contribution in [2.24, 2.45) is 0 Å². The Kier molecular flexibility index (Phi) is 6.77. The van der Waals surface area contributed by atoms with Gasteiger partial charge in [-0.2, -0.15) is 0 Å². The van der Waals surface area contributed by atoms with Crippen molar-refractivity contribution in [3.63, 3.8) is 0 Å². The Bertz CT molecular complexity index is 3110. The number of allylic oxidation sites excluding steroid dienone is 6. The molecular formula is C51H32N2O. The molecule has 2 aliphatic rings. The lowest BCUT2D eigenvalue weighted by Gasteiger charge is -2.30. The predicted octanol–water partition coefficient (Wildman–Crippen LogP) is 13.4. The van der Waals surface area contributed by atoms with Crippen LogP contribution in [0.5, 0.6) is 0 Å². The molecule has 2 aliphatic carbocycles. The van der Waals surface area contributed by atoms with E-state index < -0.39 is 0 Å². The Balaban J connectivity index is 1.03. The quantitative estimate of drug-likeness (QED) is 0.173. The van der Waals surface area contributed by atoms with E-state index in [0.29, 0.717) is 0 Å². The van der Waals surface area contributed by atoms with Crippen LogP contribution in [0.15, 0.2) is 192 Å². The fraction of sp³-hybridized carbons (Fsp3) is 0.0196. The minimum Gasteiger partial charge on any atom is -0.456 e. The van der Waals surface area contributed by atoms with E-state index in [1.807, 2.05) is 18.2 Å². The van der Waals surface area contributed by atoms with Gasteiger partial charge in [0.15, 0.2) is 0 Å². The zero-order chi connectivity index (χ0) is 35.8. The van der Waals surface area contributed by atoms with Gasteiger partial charge in [-0.25, -0.2) is 4.98 Å². The molecule has 1 unspecified atom stereocenters. The largest absolute Gasteiger partial charge is 0.456 e. The Hall–Kier alpha value is -7.10. The molecule has 11 rings (SSSR count). The van der Waals surface area contributed by atoms with Crippen LogP contribution in [-0.2, 0) is 0 Å². The highest BCUT2D eigenvalue weighted by atomic mass is 16.3. The summed E-state index contributed by atoms with van der Waals surface area (Å²) in [5.74, 6) is -0.0114. The third-order valence-electron chi connectivity index (χ3n) is 11.1. The fourth-order valence-corrected chi connectivity index (χ4v) is 8.48. The van der Waals surface area contributed by atoms with Crippen LogP contribution in [0.3, 0.4) is 0 Å². The Labute approximate surface area is 312 Å². The second-order valence-electron chi connectivity index (χ2n) is 14.2. The molecule has 0 aliphatic heterocycles. The van der Waals surface area contributed by atoms with Crippen LogP contribution in [0, 0.1) is 0 Å². The number of para-hydroxylation sites is 1. The van der Waals surface area contributed by atoms with Crippen molar-refractivity contribution in [3.8, 4) is 33.6 Å². The first-order chi connectivity index (χ1) is 26.7. The first kappa shape index (κ1) is 30.5. The molecule has 3 nitrogen and oxygen atoms in total. The van der Waals surface area contributed by atoms with Gasteiger partial charge in [0.1, 0.15) is 11.2 Å². The summed E-state index contributed by atoms with van der Waals surface area (Å²) in [7, 11) is 0. The molecule has 9 aromatic rings. The summed E-state index contributed by atoms with van der Waals surface area (Å²) >= 11 is 0. The maximum absolute atomic E-state index is 6.36. The average molecular weight is 689 g/mol.